The molecular weight excluding hydrogens is 294 g/mol. The van der Waals surface area contributed by atoms with Crippen molar-refractivity contribution in [1.82, 2.24) is 4.98 Å². The third kappa shape index (κ3) is 3.98. The maximum atomic E-state index is 12.1. The first-order chi connectivity index (χ1) is 9.68. The van der Waals surface area contributed by atoms with Gasteiger partial charge >= 0.3 is 5.97 Å². The van der Waals surface area contributed by atoms with Crippen molar-refractivity contribution in [1.29, 1.82) is 0 Å². The van der Waals surface area contributed by atoms with Gasteiger partial charge in [0.25, 0.3) is 0 Å². The van der Waals surface area contributed by atoms with E-state index in [1.807, 2.05) is 0 Å². The molecule has 2 rings (SSSR count). The van der Waals surface area contributed by atoms with Crippen molar-refractivity contribution in [2.24, 2.45) is 0 Å². The Morgan fingerprint density at radius 1 is 1.25 bits per heavy atom. The lowest BCUT2D eigenvalue weighted by Crippen LogP contribution is -2.13. The van der Waals surface area contributed by atoms with Crippen LogP contribution < -0.4 is 0 Å². The van der Waals surface area contributed by atoms with E-state index < -0.39 is 11.8 Å². The molecule has 1 N–H and O–H groups in total. The number of hydrogen-bond acceptors (Lipinski definition) is 5. The molecule has 1 fully saturated rings. The summed E-state index contributed by atoms with van der Waals surface area (Å²) in [4.78, 5) is 27.4. The van der Waals surface area contributed by atoms with E-state index in [-0.39, 0.29) is 5.57 Å². The van der Waals surface area contributed by atoms with E-state index in [1.165, 1.54) is 35.7 Å². The van der Waals surface area contributed by atoms with Gasteiger partial charge in [-0.1, -0.05) is 6.07 Å². The molecule has 0 unspecified atom stereocenters. The summed E-state index contributed by atoms with van der Waals surface area (Å²) in [5.74, 6) is 0.0600. The van der Waals surface area contributed by atoms with Gasteiger partial charge in [0.15, 0.2) is 5.78 Å². The lowest BCUT2D eigenvalue weighted by molar-refractivity contribution is -0.134. The molecule has 0 radical (unpaired) electrons. The number of thioether (sulfide) groups is 2. The average Bonchev–Trinajstić information content (AvgIpc) is 2.47. The van der Waals surface area contributed by atoms with Crippen molar-refractivity contribution in [2.45, 2.75) is 6.42 Å². The van der Waals surface area contributed by atoms with E-state index in [0.717, 1.165) is 17.9 Å². The third-order valence-electron chi connectivity index (χ3n) is 2.51. The van der Waals surface area contributed by atoms with Gasteiger partial charge in [0.05, 0.1) is 9.93 Å². The van der Waals surface area contributed by atoms with Crippen LogP contribution >= 0.6 is 23.5 Å². The van der Waals surface area contributed by atoms with Crippen LogP contribution in [0, 0.1) is 0 Å². The lowest BCUT2D eigenvalue weighted by Gasteiger charge is -2.14. The smallest absolute Gasteiger partial charge is 0.341 e. The highest BCUT2D eigenvalue weighted by atomic mass is 32.2. The van der Waals surface area contributed by atoms with Crippen LogP contribution in [0.5, 0.6) is 0 Å². The van der Waals surface area contributed by atoms with Crippen LogP contribution in [-0.2, 0) is 9.59 Å². The fraction of sp³-hybridized carbons (Fsp3) is 0.214. The Kier molecular flexibility index (Phi) is 5.43. The minimum absolute atomic E-state index is 0.133. The number of carboxylic acid groups (broad SMARTS) is 1. The zero-order chi connectivity index (χ0) is 14.4. The number of carboxylic acids is 1. The lowest BCUT2D eigenvalue weighted by atomic mass is 10.1. The fourth-order valence-corrected chi connectivity index (χ4v) is 4.22. The largest absolute Gasteiger partial charge is 0.477 e. The number of aliphatic carboxylic acids is 1. The molecule has 4 nitrogen and oxygen atoms in total. The Bertz CT molecular complexity index is 559. The molecule has 1 aromatic heterocycles. The third-order valence-corrected chi connectivity index (χ3v) is 5.14. The maximum absolute atomic E-state index is 12.1. The van der Waals surface area contributed by atoms with Gasteiger partial charge < -0.3 is 5.11 Å². The SMILES string of the molecule is O=C(O)C(C(=O)/C=C/c1ccccn1)=C1SCCCS1. The topological polar surface area (TPSA) is 67.3 Å². The summed E-state index contributed by atoms with van der Waals surface area (Å²) >= 11 is 2.88. The fourth-order valence-electron chi connectivity index (χ4n) is 1.59. The first kappa shape index (κ1) is 14.9. The summed E-state index contributed by atoms with van der Waals surface area (Å²) in [6, 6.07) is 5.33. The van der Waals surface area contributed by atoms with Gasteiger partial charge in [-0.15, -0.1) is 23.5 Å². The van der Waals surface area contributed by atoms with Crippen LogP contribution in [0.3, 0.4) is 0 Å². The van der Waals surface area contributed by atoms with E-state index in [1.54, 1.807) is 24.4 Å². The molecule has 1 aliphatic rings. The number of nitrogens with zero attached hydrogens (tertiary/aromatic N) is 1. The van der Waals surface area contributed by atoms with Crippen LogP contribution in [0.15, 0.2) is 40.3 Å². The Balaban J connectivity index is 2.20. The number of pyridine rings is 1. The summed E-state index contributed by atoms with van der Waals surface area (Å²) in [5.41, 5.74) is 0.492. The van der Waals surface area contributed by atoms with E-state index in [9.17, 15) is 14.7 Å². The van der Waals surface area contributed by atoms with E-state index in [4.69, 9.17) is 0 Å². The Morgan fingerprint density at radius 3 is 2.60 bits per heavy atom. The number of aromatic nitrogens is 1. The molecule has 20 heavy (non-hydrogen) atoms. The Hall–Kier alpha value is -1.53. The van der Waals surface area contributed by atoms with E-state index in [2.05, 4.69) is 4.98 Å². The molecule has 0 aliphatic carbocycles. The summed E-state index contributed by atoms with van der Waals surface area (Å²) in [5, 5.41) is 9.24. The molecule has 2 heterocycles. The second kappa shape index (κ2) is 7.31. The number of carbonyl (C=O) groups is 2. The van der Waals surface area contributed by atoms with E-state index >= 15 is 0 Å². The molecule has 1 aromatic rings. The van der Waals surface area contributed by atoms with Gasteiger partial charge in [0.1, 0.15) is 5.57 Å². The van der Waals surface area contributed by atoms with Crippen molar-refractivity contribution in [3.63, 3.8) is 0 Å². The number of hydrogen-bond donors (Lipinski definition) is 1. The van der Waals surface area contributed by atoms with E-state index in [0.29, 0.717) is 9.93 Å². The summed E-state index contributed by atoms with van der Waals surface area (Å²) in [6.45, 7) is 0. The number of allylic oxidation sites excluding steroid dienone is 1. The molecule has 0 atom stereocenters. The molecule has 104 valence electrons. The average molecular weight is 307 g/mol. The second-order valence-electron chi connectivity index (χ2n) is 3.97. The van der Waals surface area contributed by atoms with Gasteiger partial charge in [-0.3, -0.25) is 9.78 Å². The standard InChI is InChI=1S/C14H13NO3S2/c16-11(6-5-10-4-1-2-7-15-10)12(13(17)18)14-19-8-3-9-20-14/h1-2,4-7H,3,8-9H2,(H,17,18)/b6-5+. The molecule has 0 aromatic carbocycles. The molecule has 1 saturated heterocycles. The highest BCUT2D eigenvalue weighted by Gasteiger charge is 2.23. The molecule has 0 saturated carbocycles. The number of ketones is 1. The van der Waals surface area contributed by atoms with Crippen LogP contribution in [-0.4, -0.2) is 33.3 Å². The number of rotatable bonds is 4. The minimum Gasteiger partial charge on any atom is -0.477 e. The zero-order valence-corrected chi connectivity index (χ0v) is 12.2. The Labute approximate surface area is 125 Å². The van der Waals surface area contributed by atoms with Gasteiger partial charge in [0.2, 0.25) is 0 Å². The number of carbonyl (C=O) groups excluding carboxylic acids is 1. The van der Waals surface area contributed by atoms with Crippen molar-refractivity contribution >= 4 is 41.4 Å². The van der Waals surface area contributed by atoms with Crippen molar-refractivity contribution < 1.29 is 14.7 Å². The maximum Gasteiger partial charge on any atom is 0.341 e. The molecule has 0 amide bonds. The monoisotopic (exact) mass is 307 g/mol. The molecule has 6 heteroatoms. The molecule has 0 bridgehead atoms. The molecule has 0 spiro atoms. The Morgan fingerprint density at radius 2 is 2.00 bits per heavy atom. The predicted molar refractivity (Wildman–Crippen MR) is 82.5 cm³/mol. The summed E-state index contributed by atoms with van der Waals surface area (Å²) in [7, 11) is 0. The summed E-state index contributed by atoms with van der Waals surface area (Å²) in [6.07, 6.45) is 5.45. The van der Waals surface area contributed by atoms with Crippen molar-refractivity contribution in [2.75, 3.05) is 11.5 Å². The van der Waals surface area contributed by atoms with Crippen LogP contribution in [0.1, 0.15) is 12.1 Å². The summed E-state index contributed by atoms with van der Waals surface area (Å²) < 4.78 is 0.611. The van der Waals surface area contributed by atoms with Gasteiger partial charge in [0, 0.05) is 6.20 Å². The van der Waals surface area contributed by atoms with Crippen molar-refractivity contribution in [3.8, 4) is 0 Å². The highest BCUT2D eigenvalue weighted by molar-refractivity contribution is 8.22. The van der Waals surface area contributed by atoms with Gasteiger partial charge in [-0.05, 0) is 42.2 Å². The van der Waals surface area contributed by atoms with Crippen molar-refractivity contribution in [3.05, 3.63) is 46.0 Å². The molecular formula is C14H13NO3S2. The normalized spacial score (nSPS) is 15.3. The first-order valence-corrected chi connectivity index (χ1v) is 8.02. The zero-order valence-electron chi connectivity index (χ0n) is 10.6. The molecule has 1 aliphatic heterocycles. The predicted octanol–water partition coefficient (Wildman–Crippen LogP) is 2.83. The highest BCUT2D eigenvalue weighted by Crippen LogP contribution is 2.37. The van der Waals surface area contributed by atoms with Crippen LogP contribution in [0.4, 0.5) is 0 Å². The first-order valence-electron chi connectivity index (χ1n) is 6.05. The van der Waals surface area contributed by atoms with Crippen LogP contribution in [0.25, 0.3) is 6.08 Å². The van der Waals surface area contributed by atoms with Gasteiger partial charge in [-0.25, -0.2) is 4.79 Å². The second-order valence-corrected chi connectivity index (χ2v) is 6.44. The quantitative estimate of drug-likeness (QED) is 0.524. The van der Waals surface area contributed by atoms with Crippen LogP contribution in [0.2, 0.25) is 0 Å². The minimum atomic E-state index is -1.17. The van der Waals surface area contributed by atoms with Gasteiger partial charge in [-0.2, -0.15) is 0 Å².